The fourth-order valence-corrected chi connectivity index (χ4v) is 1.51. The summed E-state index contributed by atoms with van der Waals surface area (Å²) in [7, 11) is 0. The Balaban J connectivity index is 3.14. The van der Waals surface area contributed by atoms with Crippen molar-refractivity contribution in [3.05, 3.63) is 32.8 Å². The Labute approximate surface area is 109 Å². The van der Waals surface area contributed by atoms with Gasteiger partial charge in [0, 0.05) is 18.2 Å². The van der Waals surface area contributed by atoms with Gasteiger partial charge in [-0.2, -0.15) is 0 Å². The van der Waals surface area contributed by atoms with Crippen LogP contribution in [0, 0.1) is 10.1 Å². The third-order valence-corrected chi connectivity index (χ3v) is 2.87. The monoisotopic (exact) mass is 271 g/mol. The van der Waals surface area contributed by atoms with Gasteiger partial charge in [0.25, 0.3) is 11.6 Å². The summed E-state index contributed by atoms with van der Waals surface area (Å²) in [6, 6.07) is 2.20. The standard InChI is InChI=1S/C11H14ClN3O3/c1-3-6(2)14-11(16)8-4-7(15(17)18)5-9(12)10(8)13/h4-6H,3,13H2,1-2H3,(H,14,16). The summed E-state index contributed by atoms with van der Waals surface area (Å²) in [4.78, 5) is 22.0. The first-order valence-corrected chi connectivity index (χ1v) is 5.78. The summed E-state index contributed by atoms with van der Waals surface area (Å²) >= 11 is 5.77. The van der Waals surface area contributed by atoms with Crippen LogP contribution in [-0.2, 0) is 0 Å². The minimum Gasteiger partial charge on any atom is -0.397 e. The molecule has 0 spiro atoms. The summed E-state index contributed by atoms with van der Waals surface area (Å²) in [5.74, 6) is -0.465. The molecule has 0 aromatic heterocycles. The summed E-state index contributed by atoms with van der Waals surface area (Å²) in [5, 5.41) is 13.4. The number of amides is 1. The van der Waals surface area contributed by atoms with E-state index in [0.29, 0.717) is 0 Å². The van der Waals surface area contributed by atoms with Gasteiger partial charge in [0.2, 0.25) is 0 Å². The number of rotatable bonds is 4. The first-order valence-electron chi connectivity index (χ1n) is 5.41. The maximum absolute atomic E-state index is 11.9. The predicted molar refractivity (Wildman–Crippen MR) is 69.7 cm³/mol. The molecule has 1 amide bonds. The lowest BCUT2D eigenvalue weighted by Crippen LogP contribution is -2.32. The van der Waals surface area contributed by atoms with Crippen molar-refractivity contribution in [3.8, 4) is 0 Å². The van der Waals surface area contributed by atoms with Gasteiger partial charge in [-0.1, -0.05) is 18.5 Å². The molecule has 0 saturated carbocycles. The molecular formula is C11H14ClN3O3. The number of nitrogen functional groups attached to an aromatic ring is 1. The molecule has 1 unspecified atom stereocenters. The highest BCUT2D eigenvalue weighted by Crippen LogP contribution is 2.28. The summed E-state index contributed by atoms with van der Waals surface area (Å²) in [6.45, 7) is 3.74. The van der Waals surface area contributed by atoms with Crippen LogP contribution < -0.4 is 11.1 Å². The van der Waals surface area contributed by atoms with E-state index >= 15 is 0 Å². The molecule has 0 bridgehead atoms. The lowest BCUT2D eigenvalue weighted by Gasteiger charge is -2.13. The molecule has 0 aliphatic rings. The minimum atomic E-state index is -0.620. The molecular weight excluding hydrogens is 258 g/mol. The van der Waals surface area contributed by atoms with Crippen LogP contribution >= 0.6 is 11.6 Å². The van der Waals surface area contributed by atoms with E-state index in [1.54, 1.807) is 0 Å². The molecule has 0 aliphatic carbocycles. The van der Waals surface area contributed by atoms with Gasteiger partial charge in [-0.3, -0.25) is 14.9 Å². The molecule has 0 radical (unpaired) electrons. The smallest absolute Gasteiger partial charge is 0.271 e. The molecule has 0 heterocycles. The van der Waals surface area contributed by atoms with E-state index < -0.39 is 10.8 Å². The Kier molecular flexibility index (Phi) is 4.49. The molecule has 1 aromatic rings. The number of anilines is 1. The van der Waals surface area contributed by atoms with Gasteiger partial charge in [-0.05, 0) is 13.3 Å². The summed E-state index contributed by atoms with van der Waals surface area (Å²) < 4.78 is 0. The zero-order valence-electron chi connectivity index (χ0n) is 10.1. The third kappa shape index (κ3) is 3.10. The van der Waals surface area contributed by atoms with Gasteiger partial charge in [-0.25, -0.2) is 0 Å². The van der Waals surface area contributed by atoms with Crippen molar-refractivity contribution in [1.29, 1.82) is 0 Å². The van der Waals surface area contributed by atoms with Crippen molar-refractivity contribution in [2.75, 3.05) is 5.73 Å². The molecule has 18 heavy (non-hydrogen) atoms. The van der Waals surface area contributed by atoms with Crippen LogP contribution in [0.4, 0.5) is 11.4 Å². The van der Waals surface area contributed by atoms with E-state index in [0.717, 1.165) is 18.6 Å². The summed E-state index contributed by atoms with van der Waals surface area (Å²) in [5.41, 5.74) is 5.46. The number of halogens is 1. The quantitative estimate of drug-likeness (QED) is 0.499. The van der Waals surface area contributed by atoms with Crippen LogP contribution in [0.1, 0.15) is 30.6 Å². The Bertz CT molecular complexity index is 491. The Morgan fingerprint density at radius 3 is 2.72 bits per heavy atom. The Morgan fingerprint density at radius 2 is 2.22 bits per heavy atom. The first-order chi connectivity index (χ1) is 8.36. The normalized spacial score (nSPS) is 11.9. The second kappa shape index (κ2) is 5.68. The number of benzene rings is 1. The van der Waals surface area contributed by atoms with E-state index in [1.807, 2.05) is 13.8 Å². The van der Waals surface area contributed by atoms with Crippen molar-refractivity contribution in [2.45, 2.75) is 26.3 Å². The average molecular weight is 272 g/mol. The van der Waals surface area contributed by atoms with Gasteiger partial charge in [-0.15, -0.1) is 0 Å². The molecule has 1 aromatic carbocycles. The third-order valence-electron chi connectivity index (χ3n) is 2.56. The van der Waals surface area contributed by atoms with Crippen LogP contribution in [0.25, 0.3) is 0 Å². The molecule has 6 nitrogen and oxygen atoms in total. The highest BCUT2D eigenvalue weighted by Gasteiger charge is 2.19. The second-order valence-corrected chi connectivity index (χ2v) is 4.34. The van der Waals surface area contributed by atoms with E-state index in [2.05, 4.69) is 5.32 Å². The molecule has 1 atom stereocenters. The number of nitro benzene ring substituents is 1. The highest BCUT2D eigenvalue weighted by atomic mass is 35.5. The highest BCUT2D eigenvalue weighted by molar-refractivity contribution is 6.34. The zero-order chi connectivity index (χ0) is 13.9. The van der Waals surface area contributed by atoms with Crippen molar-refractivity contribution in [3.63, 3.8) is 0 Å². The van der Waals surface area contributed by atoms with E-state index in [-0.39, 0.29) is 28.0 Å². The Morgan fingerprint density at radius 1 is 1.61 bits per heavy atom. The number of carbonyl (C=O) groups excluding carboxylic acids is 1. The Hall–Kier alpha value is -1.82. The van der Waals surface area contributed by atoms with Crippen LogP contribution in [0.2, 0.25) is 5.02 Å². The fraction of sp³-hybridized carbons (Fsp3) is 0.364. The van der Waals surface area contributed by atoms with Gasteiger partial charge >= 0.3 is 0 Å². The number of nitro groups is 1. The van der Waals surface area contributed by atoms with Crippen LogP contribution in [0.5, 0.6) is 0 Å². The zero-order valence-corrected chi connectivity index (χ0v) is 10.8. The van der Waals surface area contributed by atoms with Gasteiger partial charge in [0.1, 0.15) is 0 Å². The lowest BCUT2D eigenvalue weighted by molar-refractivity contribution is -0.384. The van der Waals surface area contributed by atoms with E-state index in [1.165, 1.54) is 0 Å². The average Bonchev–Trinajstić information content (AvgIpc) is 2.31. The van der Waals surface area contributed by atoms with E-state index in [9.17, 15) is 14.9 Å². The van der Waals surface area contributed by atoms with Crippen LogP contribution in [0.3, 0.4) is 0 Å². The molecule has 3 N–H and O–H groups in total. The lowest BCUT2D eigenvalue weighted by atomic mass is 10.1. The number of nitrogens with zero attached hydrogens (tertiary/aromatic N) is 1. The SMILES string of the molecule is CCC(C)NC(=O)c1cc([N+](=O)[O-])cc(Cl)c1N. The van der Waals surface area contributed by atoms with Crippen LogP contribution in [-0.4, -0.2) is 16.9 Å². The predicted octanol–water partition coefficient (Wildman–Crippen LogP) is 2.36. The number of nitrogens with one attached hydrogen (secondary N) is 1. The molecule has 1 rings (SSSR count). The fourth-order valence-electron chi connectivity index (χ4n) is 1.30. The van der Waals surface area contributed by atoms with Gasteiger partial charge in [0.05, 0.1) is 21.2 Å². The number of carbonyl (C=O) groups is 1. The van der Waals surface area contributed by atoms with Crippen molar-refractivity contribution in [2.24, 2.45) is 0 Å². The van der Waals surface area contributed by atoms with Gasteiger partial charge in [0.15, 0.2) is 0 Å². The van der Waals surface area contributed by atoms with Gasteiger partial charge < -0.3 is 11.1 Å². The molecule has 0 aliphatic heterocycles. The number of nitrogens with two attached hydrogens (primary N) is 1. The topological polar surface area (TPSA) is 98.3 Å². The molecule has 98 valence electrons. The molecule has 7 heteroatoms. The number of non-ortho nitro benzene ring substituents is 1. The number of hydrogen-bond acceptors (Lipinski definition) is 4. The number of hydrogen-bond donors (Lipinski definition) is 2. The molecule has 0 saturated heterocycles. The van der Waals surface area contributed by atoms with Crippen molar-refractivity contribution < 1.29 is 9.72 Å². The molecule has 0 fully saturated rings. The summed E-state index contributed by atoms with van der Waals surface area (Å²) in [6.07, 6.45) is 0.744. The van der Waals surface area contributed by atoms with Crippen molar-refractivity contribution in [1.82, 2.24) is 5.32 Å². The maximum Gasteiger partial charge on any atom is 0.271 e. The largest absolute Gasteiger partial charge is 0.397 e. The minimum absolute atomic E-state index is 0.00139. The van der Waals surface area contributed by atoms with E-state index in [4.69, 9.17) is 17.3 Å². The first kappa shape index (κ1) is 14.2. The maximum atomic E-state index is 11.9. The van der Waals surface area contributed by atoms with Crippen molar-refractivity contribution >= 4 is 28.9 Å². The second-order valence-electron chi connectivity index (χ2n) is 3.93. The van der Waals surface area contributed by atoms with Crippen LogP contribution in [0.15, 0.2) is 12.1 Å².